The van der Waals surface area contributed by atoms with Crippen LogP contribution in [0, 0.1) is 0 Å². The summed E-state index contributed by atoms with van der Waals surface area (Å²) in [5.74, 6) is 2.53. The molecule has 9 nitrogen and oxygen atoms in total. The molecule has 0 radical (unpaired) electrons. The van der Waals surface area contributed by atoms with Crippen LogP contribution in [0.5, 0.6) is 11.5 Å². The Morgan fingerprint density at radius 1 is 1.10 bits per heavy atom. The van der Waals surface area contributed by atoms with Crippen molar-refractivity contribution in [3.63, 3.8) is 0 Å². The molecule has 4 aromatic rings. The third kappa shape index (κ3) is 5.81. The van der Waals surface area contributed by atoms with Gasteiger partial charge in [-0.1, -0.05) is 24.3 Å². The summed E-state index contributed by atoms with van der Waals surface area (Å²) in [6.07, 6.45) is 3.25. The first-order valence-corrected chi connectivity index (χ1v) is 9.45. The van der Waals surface area contributed by atoms with Crippen LogP contribution in [0.1, 0.15) is 0 Å². The number of benzene rings is 2. The van der Waals surface area contributed by atoms with Gasteiger partial charge in [-0.25, -0.2) is 9.97 Å². The van der Waals surface area contributed by atoms with Crippen LogP contribution in [0.3, 0.4) is 0 Å². The van der Waals surface area contributed by atoms with Gasteiger partial charge in [0.1, 0.15) is 23.6 Å². The van der Waals surface area contributed by atoms with E-state index in [2.05, 4.69) is 30.7 Å². The molecule has 0 spiro atoms. The number of aliphatic imine (C=N–C) groups is 1. The first-order valence-electron chi connectivity index (χ1n) is 9.45. The van der Waals surface area contributed by atoms with Gasteiger partial charge in [-0.15, -0.1) is 24.0 Å². The second-order valence-electron chi connectivity index (χ2n) is 6.49. The number of nitrogens with one attached hydrogen (secondary N) is 2. The molecule has 0 saturated carbocycles. The van der Waals surface area contributed by atoms with Gasteiger partial charge in [0.2, 0.25) is 0 Å². The standard InChI is InChI=1S/C21H22N8O.HI/c1-29-20-18(13-27-29)19(25-14-26-20)23-10-11-24-21(22)28-15-6-5-9-17(12-15)30-16-7-3-2-4-8-16;/h2-9,12-14H,10-11H2,1H3,(H3,22,24,28)(H,23,25,26);1H. The molecule has 0 aliphatic rings. The number of para-hydroxylation sites is 1. The maximum absolute atomic E-state index is 6.01. The van der Waals surface area contributed by atoms with Crippen LogP contribution >= 0.6 is 24.0 Å². The van der Waals surface area contributed by atoms with Crippen molar-refractivity contribution in [2.45, 2.75) is 0 Å². The maximum Gasteiger partial charge on any atom is 0.193 e. The lowest BCUT2D eigenvalue weighted by molar-refractivity contribution is 0.483. The predicted octanol–water partition coefficient (Wildman–Crippen LogP) is 3.61. The number of nitrogens with zero attached hydrogens (tertiary/aromatic N) is 5. The minimum atomic E-state index is 0. The SMILES string of the molecule is Cn1ncc2c(NCCN=C(N)Nc3cccc(Oc4ccccc4)c3)ncnc21.I. The van der Waals surface area contributed by atoms with Gasteiger partial charge in [-0.2, -0.15) is 5.10 Å². The van der Waals surface area contributed by atoms with Crippen molar-refractivity contribution < 1.29 is 4.74 Å². The van der Waals surface area contributed by atoms with E-state index in [9.17, 15) is 0 Å². The number of halogens is 1. The van der Waals surface area contributed by atoms with Crippen molar-refractivity contribution in [1.82, 2.24) is 19.7 Å². The third-order valence-corrected chi connectivity index (χ3v) is 4.30. The molecule has 0 bridgehead atoms. The molecule has 0 saturated heterocycles. The van der Waals surface area contributed by atoms with Crippen LogP contribution < -0.4 is 21.1 Å². The quantitative estimate of drug-likeness (QED) is 0.145. The number of guanidine groups is 1. The fourth-order valence-corrected chi connectivity index (χ4v) is 2.90. The van der Waals surface area contributed by atoms with Gasteiger partial charge in [-0.05, 0) is 24.3 Å². The van der Waals surface area contributed by atoms with Gasteiger partial charge < -0.3 is 21.1 Å². The van der Waals surface area contributed by atoms with E-state index in [0.29, 0.717) is 24.8 Å². The minimum absolute atomic E-state index is 0. The molecule has 2 aromatic carbocycles. The Balaban J connectivity index is 0.00000272. The highest BCUT2D eigenvalue weighted by atomic mass is 127. The number of hydrogen-bond donors (Lipinski definition) is 3. The number of ether oxygens (including phenoxy) is 1. The molecule has 4 N–H and O–H groups in total. The molecule has 10 heteroatoms. The van der Waals surface area contributed by atoms with Crippen LogP contribution in [-0.4, -0.2) is 38.8 Å². The number of nitrogens with two attached hydrogens (primary N) is 1. The molecule has 0 fully saturated rings. The smallest absolute Gasteiger partial charge is 0.193 e. The normalized spacial score (nSPS) is 11.1. The van der Waals surface area contributed by atoms with Crippen molar-refractivity contribution in [3.05, 3.63) is 67.1 Å². The van der Waals surface area contributed by atoms with Crippen LogP contribution in [0.15, 0.2) is 72.1 Å². The summed E-state index contributed by atoms with van der Waals surface area (Å²) >= 11 is 0. The fraction of sp³-hybridized carbons (Fsp3) is 0.143. The Kier molecular flexibility index (Phi) is 7.60. The van der Waals surface area contributed by atoms with E-state index in [4.69, 9.17) is 10.5 Å². The van der Waals surface area contributed by atoms with Crippen molar-refractivity contribution in [2.24, 2.45) is 17.8 Å². The summed E-state index contributed by atoms with van der Waals surface area (Å²) < 4.78 is 7.54. The zero-order valence-electron chi connectivity index (χ0n) is 16.9. The summed E-state index contributed by atoms with van der Waals surface area (Å²) in [5, 5.41) is 11.4. The lowest BCUT2D eigenvalue weighted by atomic mass is 10.3. The van der Waals surface area contributed by atoms with E-state index < -0.39 is 0 Å². The van der Waals surface area contributed by atoms with E-state index in [1.54, 1.807) is 10.9 Å². The molecule has 160 valence electrons. The first-order chi connectivity index (χ1) is 14.7. The van der Waals surface area contributed by atoms with Gasteiger partial charge in [0.15, 0.2) is 11.6 Å². The van der Waals surface area contributed by atoms with Crippen molar-refractivity contribution in [2.75, 3.05) is 23.7 Å². The topological polar surface area (TPSA) is 115 Å². The van der Waals surface area contributed by atoms with E-state index >= 15 is 0 Å². The predicted molar refractivity (Wildman–Crippen MR) is 133 cm³/mol. The van der Waals surface area contributed by atoms with Gasteiger partial charge in [0.25, 0.3) is 0 Å². The summed E-state index contributed by atoms with van der Waals surface area (Å²) in [5.41, 5.74) is 7.58. The molecular weight excluding hydrogens is 507 g/mol. The number of fused-ring (bicyclic) bond motifs is 1. The Labute approximate surface area is 196 Å². The van der Waals surface area contributed by atoms with Crippen LogP contribution in [-0.2, 0) is 7.05 Å². The number of anilines is 2. The molecule has 31 heavy (non-hydrogen) atoms. The van der Waals surface area contributed by atoms with E-state index in [1.165, 1.54) is 6.33 Å². The molecule has 4 rings (SSSR count). The highest BCUT2D eigenvalue weighted by Gasteiger charge is 2.06. The highest BCUT2D eigenvalue weighted by molar-refractivity contribution is 14.0. The van der Waals surface area contributed by atoms with Crippen molar-refractivity contribution in [3.8, 4) is 11.5 Å². The Hall–Kier alpha value is -3.41. The average molecular weight is 530 g/mol. The molecular formula is C21H23IN8O. The number of hydrogen-bond acceptors (Lipinski definition) is 6. The van der Waals surface area contributed by atoms with Crippen LogP contribution in [0.25, 0.3) is 11.0 Å². The summed E-state index contributed by atoms with van der Waals surface area (Å²) in [7, 11) is 1.84. The van der Waals surface area contributed by atoms with E-state index in [-0.39, 0.29) is 24.0 Å². The molecule has 0 aliphatic heterocycles. The Morgan fingerprint density at radius 2 is 1.90 bits per heavy atom. The maximum atomic E-state index is 6.01. The minimum Gasteiger partial charge on any atom is -0.457 e. The van der Waals surface area contributed by atoms with Crippen LogP contribution in [0.4, 0.5) is 11.5 Å². The van der Waals surface area contributed by atoms with Crippen molar-refractivity contribution in [1.29, 1.82) is 0 Å². The largest absolute Gasteiger partial charge is 0.457 e. The summed E-state index contributed by atoms with van der Waals surface area (Å²) in [4.78, 5) is 12.8. The Morgan fingerprint density at radius 3 is 2.74 bits per heavy atom. The average Bonchev–Trinajstić information content (AvgIpc) is 3.14. The summed E-state index contributed by atoms with van der Waals surface area (Å²) in [6.45, 7) is 1.05. The highest BCUT2D eigenvalue weighted by Crippen LogP contribution is 2.23. The fourth-order valence-electron chi connectivity index (χ4n) is 2.90. The van der Waals surface area contributed by atoms with Gasteiger partial charge in [0, 0.05) is 25.3 Å². The monoisotopic (exact) mass is 530 g/mol. The molecule has 0 unspecified atom stereocenters. The lowest BCUT2D eigenvalue weighted by Gasteiger charge is -2.09. The van der Waals surface area contributed by atoms with E-state index in [0.717, 1.165) is 28.3 Å². The molecule has 0 atom stereocenters. The first kappa shape index (κ1) is 22.3. The second kappa shape index (κ2) is 10.6. The molecule has 0 aliphatic carbocycles. The Bertz CT molecular complexity index is 1160. The van der Waals surface area contributed by atoms with Gasteiger partial charge in [-0.3, -0.25) is 9.67 Å². The van der Waals surface area contributed by atoms with E-state index in [1.807, 2.05) is 61.6 Å². The molecule has 2 aromatic heterocycles. The van der Waals surface area contributed by atoms with Crippen LogP contribution in [0.2, 0.25) is 0 Å². The molecule has 2 heterocycles. The number of rotatable bonds is 7. The van der Waals surface area contributed by atoms with Gasteiger partial charge >= 0.3 is 0 Å². The zero-order chi connectivity index (χ0) is 20.8. The molecule has 0 amide bonds. The third-order valence-electron chi connectivity index (χ3n) is 4.30. The van der Waals surface area contributed by atoms with Crippen molar-refractivity contribution >= 4 is 52.5 Å². The zero-order valence-corrected chi connectivity index (χ0v) is 19.2. The van der Waals surface area contributed by atoms with Gasteiger partial charge in [0.05, 0.1) is 18.1 Å². The summed E-state index contributed by atoms with van der Waals surface area (Å²) in [6, 6.07) is 17.2. The second-order valence-corrected chi connectivity index (χ2v) is 6.49. The number of aryl methyl sites for hydroxylation is 1. The number of aromatic nitrogens is 4. The lowest BCUT2D eigenvalue weighted by Crippen LogP contribution is -2.23.